The molecule has 0 aliphatic rings. The van der Waals surface area contributed by atoms with E-state index in [-0.39, 0.29) is 5.97 Å². The summed E-state index contributed by atoms with van der Waals surface area (Å²) >= 11 is 0. The van der Waals surface area contributed by atoms with E-state index in [1.807, 2.05) is 13.0 Å². The number of esters is 1. The van der Waals surface area contributed by atoms with Crippen molar-refractivity contribution < 1.29 is 9.53 Å². The van der Waals surface area contributed by atoms with Crippen molar-refractivity contribution in [1.29, 1.82) is 0 Å². The van der Waals surface area contributed by atoms with Gasteiger partial charge in [0.05, 0.1) is 0 Å². The largest absolute Gasteiger partial charge is 0.461 e. The Bertz CT molecular complexity index is 249. The minimum absolute atomic E-state index is 0.144. The van der Waals surface area contributed by atoms with Gasteiger partial charge in [-0.2, -0.15) is 0 Å². The molecule has 0 heterocycles. The SMILES string of the molecule is CCC/C=C(C)/C(C)=C/COC(=O)CC. The second-order valence-corrected chi connectivity index (χ2v) is 3.60. The first-order chi connectivity index (χ1) is 7.11. The molecular formula is C13H22O2. The monoisotopic (exact) mass is 210 g/mol. The smallest absolute Gasteiger partial charge is 0.305 e. The zero-order chi connectivity index (χ0) is 11.7. The average Bonchev–Trinajstić information content (AvgIpc) is 2.25. The molecule has 0 aromatic heterocycles. The van der Waals surface area contributed by atoms with E-state index in [1.54, 1.807) is 6.92 Å². The molecule has 0 aromatic rings. The number of allylic oxidation sites excluding steroid dienone is 3. The number of hydrogen-bond acceptors (Lipinski definition) is 2. The Morgan fingerprint density at radius 2 is 1.73 bits per heavy atom. The predicted octanol–water partition coefficient (Wildman–Crippen LogP) is 3.63. The summed E-state index contributed by atoms with van der Waals surface area (Å²) in [4.78, 5) is 10.9. The molecule has 0 saturated carbocycles. The molecule has 2 nitrogen and oxygen atoms in total. The summed E-state index contributed by atoms with van der Waals surface area (Å²) in [7, 11) is 0. The van der Waals surface area contributed by atoms with Gasteiger partial charge in [-0.15, -0.1) is 0 Å². The van der Waals surface area contributed by atoms with Crippen molar-refractivity contribution in [1.82, 2.24) is 0 Å². The first-order valence-electron chi connectivity index (χ1n) is 5.61. The maximum absolute atomic E-state index is 10.9. The molecule has 0 aliphatic heterocycles. The van der Waals surface area contributed by atoms with Crippen LogP contribution in [-0.4, -0.2) is 12.6 Å². The molecule has 0 aromatic carbocycles. The zero-order valence-electron chi connectivity index (χ0n) is 10.3. The van der Waals surface area contributed by atoms with Crippen LogP contribution in [0, 0.1) is 0 Å². The molecule has 0 atom stereocenters. The van der Waals surface area contributed by atoms with E-state index in [0.29, 0.717) is 13.0 Å². The molecule has 15 heavy (non-hydrogen) atoms. The van der Waals surface area contributed by atoms with E-state index in [9.17, 15) is 4.79 Å². The van der Waals surface area contributed by atoms with E-state index >= 15 is 0 Å². The lowest BCUT2D eigenvalue weighted by molar-refractivity contribution is -0.141. The van der Waals surface area contributed by atoms with Gasteiger partial charge in [0.25, 0.3) is 0 Å². The molecule has 0 fully saturated rings. The van der Waals surface area contributed by atoms with Crippen molar-refractivity contribution in [2.45, 2.75) is 47.0 Å². The van der Waals surface area contributed by atoms with Crippen LogP contribution in [0.5, 0.6) is 0 Å². The highest BCUT2D eigenvalue weighted by Crippen LogP contribution is 2.09. The van der Waals surface area contributed by atoms with Crippen LogP contribution >= 0.6 is 0 Å². The lowest BCUT2D eigenvalue weighted by Crippen LogP contribution is -2.02. The van der Waals surface area contributed by atoms with Crippen molar-refractivity contribution >= 4 is 5.97 Å². The van der Waals surface area contributed by atoms with E-state index in [4.69, 9.17) is 4.74 Å². The topological polar surface area (TPSA) is 26.3 Å². The van der Waals surface area contributed by atoms with Gasteiger partial charge in [0, 0.05) is 6.42 Å². The molecule has 0 N–H and O–H groups in total. The molecule has 0 amide bonds. The Labute approximate surface area is 93.0 Å². The molecule has 0 radical (unpaired) electrons. The maximum atomic E-state index is 10.9. The number of hydrogen-bond donors (Lipinski definition) is 0. The van der Waals surface area contributed by atoms with E-state index in [1.165, 1.54) is 11.1 Å². The van der Waals surface area contributed by atoms with E-state index in [0.717, 1.165) is 12.8 Å². The van der Waals surface area contributed by atoms with Crippen molar-refractivity contribution in [3.05, 3.63) is 23.3 Å². The summed E-state index contributed by atoms with van der Waals surface area (Å²) in [5.74, 6) is -0.144. The summed E-state index contributed by atoms with van der Waals surface area (Å²) in [6.45, 7) is 8.47. The Kier molecular flexibility index (Phi) is 7.69. The Morgan fingerprint density at radius 3 is 2.27 bits per heavy atom. The number of rotatable bonds is 6. The number of carbonyl (C=O) groups is 1. The predicted molar refractivity (Wildman–Crippen MR) is 63.7 cm³/mol. The Hall–Kier alpha value is -1.05. The highest BCUT2D eigenvalue weighted by molar-refractivity contribution is 5.68. The lowest BCUT2D eigenvalue weighted by Gasteiger charge is -2.03. The zero-order valence-corrected chi connectivity index (χ0v) is 10.3. The number of carbonyl (C=O) groups excluding carboxylic acids is 1. The van der Waals surface area contributed by atoms with Gasteiger partial charge in [-0.1, -0.05) is 31.9 Å². The second kappa shape index (κ2) is 8.27. The van der Waals surface area contributed by atoms with E-state index in [2.05, 4.69) is 19.9 Å². The third-order valence-corrected chi connectivity index (χ3v) is 2.28. The molecule has 0 aliphatic carbocycles. The van der Waals surface area contributed by atoms with Crippen LogP contribution in [0.4, 0.5) is 0 Å². The quantitative estimate of drug-likeness (QED) is 0.494. The Morgan fingerprint density at radius 1 is 1.13 bits per heavy atom. The van der Waals surface area contributed by atoms with Gasteiger partial charge in [0.1, 0.15) is 6.61 Å². The average molecular weight is 210 g/mol. The van der Waals surface area contributed by atoms with Gasteiger partial charge >= 0.3 is 5.97 Å². The van der Waals surface area contributed by atoms with Gasteiger partial charge in [-0.05, 0) is 31.9 Å². The third kappa shape index (κ3) is 6.95. The van der Waals surface area contributed by atoms with Crippen molar-refractivity contribution in [3.8, 4) is 0 Å². The first kappa shape index (κ1) is 13.9. The second-order valence-electron chi connectivity index (χ2n) is 3.60. The molecule has 86 valence electrons. The highest BCUT2D eigenvalue weighted by Gasteiger charge is 1.96. The van der Waals surface area contributed by atoms with Crippen molar-refractivity contribution in [2.75, 3.05) is 6.61 Å². The Balaban J connectivity index is 4.02. The van der Waals surface area contributed by atoms with Crippen molar-refractivity contribution in [3.63, 3.8) is 0 Å². The molecule has 0 unspecified atom stereocenters. The lowest BCUT2D eigenvalue weighted by atomic mass is 10.1. The van der Waals surface area contributed by atoms with Crippen LogP contribution in [-0.2, 0) is 9.53 Å². The third-order valence-electron chi connectivity index (χ3n) is 2.28. The van der Waals surface area contributed by atoms with Crippen LogP contribution in [0.2, 0.25) is 0 Å². The standard InChI is InChI=1S/C13H22O2/c1-5-7-8-11(3)12(4)9-10-15-13(14)6-2/h8-9H,5-7,10H2,1-4H3/b11-8+,12-9+. The summed E-state index contributed by atoms with van der Waals surface area (Å²) < 4.78 is 4.97. The van der Waals surface area contributed by atoms with Crippen LogP contribution in [0.1, 0.15) is 47.0 Å². The summed E-state index contributed by atoms with van der Waals surface area (Å²) in [5, 5.41) is 0. The van der Waals surface area contributed by atoms with Crippen LogP contribution < -0.4 is 0 Å². The molecular weight excluding hydrogens is 188 g/mol. The summed E-state index contributed by atoms with van der Waals surface area (Å²) in [5.41, 5.74) is 2.46. The normalized spacial score (nSPS) is 12.8. The molecule has 0 saturated heterocycles. The summed E-state index contributed by atoms with van der Waals surface area (Å²) in [6.07, 6.45) is 6.88. The van der Waals surface area contributed by atoms with Gasteiger partial charge in [0.2, 0.25) is 0 Å². The summed E-state index contributed by atoms with van der Waals surface area (Å²) in [6, 6.07) is 0. The first-order valence-corrected chi connectivity index (χ1v) is 5.61. The number of unbranched alkanes of at least 4 members (excludes halogenated alkanes) is 1. The van der Waals surface area contributed by atoms with Gasteiger partial charge in [-0.25, -0.2) is 0 Å². The fourth-order valence-electron chi connectivity index (χ4n) is 1.04. The van der Waals surface area contributed by atoms with Crippen LogP contribution in [0.15, 0.2) is 23.3 Å². The molecule has 0 bridgehead atoms. The number of ether oxygens (including phenoxy) is 1. The van der Waals surface area contributed by atoms with Gasteiger partial charge in [0.15, 0.2) is 0 Å². The van der Waals surface area contributed by atoms with E-state index < -0.39 is 0 Å². The van der Waals surface area contributed by atoms with Crippen LogP contribution in [0.25, 0.3) is 0 Å². The van der Waals surface area contributed by atoms with Gasteiger partial charge < -0.3 is 4.74 Å². The molecule has 2 heteroatoms. The fourth-order valence-corrected chi connectivity index (χ4v) is 1.04. The van der Waals surface area contributed by atoms with Gasteiger partial charge in [-0.3, -0.25) is 4.79 Å². The minimum Gasteiger partial charge on any atom is -0.461 e. The fraction of sp³-hybridized carbons (Fsp3) is 0.615. The minimum atomic E-state index is -0.144. The van der Waals surface area contributed by atoms with Crippen molar-refractivity contribution in [2.24, 2.45) is 0 Å². The molecule has 0 rings (SSSR count). The molecule has 0 spiro atoms. The maximum Gasteiger partial charge on any atom is 0.305 e. The highest BCUT2D eigenvalue weighted by atomic mass is 16.5. The van der Waals surface area contributed by atoms with Crippen LogP contribution in [0.3, 0.4) is 0 Å².